The van der Waals surface area contributed by atoms with E-state index < -0.39 is 5.60 Å². The Morgan fingerprint density at radius 3 is 2.88 bits per heavy atom. The van der Waals surface area contributed by atoms with Crippen molar-refractivity contribution in [1.82, 2.24) is 0 Å². The van der Waals surface area contributed by atoms with Gasteiger partial charge < -0.3 is 9.84 Å². The van der Waals surface area contributed by atoms with Crippen molar-refractivity contribution in [1.29, 1.82) is 0 Å². The van der Waals surface area contributed by atoms with E-state index in [1.54, 1.807) is 0 Å². The average Bonchev–Trinajstić information content (AvgIpc) is 2.57. The molecule has 0 aromatic carbocycles. The van der Waals surface area contributed by atoms with Crippen molar-refractivity contribution in [3.8, 4) is 0 Å². The van der Waals surface area contributed by atoms with Gasteiger partial charge in [0.15, 0.2) is 0 Å². The van der Waals surface area contributed by atoms with E-state index >= 15 is 0 Å². The summed E-state index contributed by atoms with van der Waals surface area (Å²) >= 11 is 0. The standard InChI is InChI=1S/C14H20O3/c1-14(2,16)10-7-6-8-4-3-5-9-11(8)12(10)17-13(9)15/h4,9-12,16H,3,5-7H2,1-2H3/t9-,10-,11+,12+/m0/s1. The molecule has 1 saturated heterocycles. The van der Waals surface area contributed by atoms with Crippen molar-refractivity contribution in [2.75, 3.05) is 0 Å². The topological polar surface area (TPSA) is 46.5 Å². The van der Waals surface area contributed by atoms with Gasteiger partial charge in [-0.2, -0.15) is 0 Å². The molecule has 17 heavy (non-hydrogen) atoms. The van der Waals surface area contributed by atoms with Gasteiger partial charge in [-0.15, -0.1) is 0 Å². The predicted octanol–water partition coefficient (Wildman–Crippen LogP) is 2.05. The summed E-state index contributed by atoms with van der Waals surface area (Å²) in [6.07, 6.45) is 6.07. The van der Waals surface area contributed by atoms with E-state index in [1.807, 2.05) is 13.8 Å². The maximum absolute atomic E-state index is 11.9. The Bertz CT molecular complexity index is 377. The molecule has 3 heteroatoms. The van der Waals surface area contributed by atoms with Crippen LogP contribution in [-0.4, -0.2) is 22.8 Å². The number of hydrogen-bond donors (Lipinski definition) is 1. The van der Waals surface area contributed by atoms with Gasteiger partial charge in [0.2, 0.25) is 0 Å². The lowest BCUT2D eigenvalue weighted by Crippen LogP contribution is -2.46. The third-order valence-electron chi connectivity index (χ3n) is 4.70. The highest BCUT2D eigenvalue weighted by Crippen LogP contribution is 2.51. The normalized spacial score (nSPS) is 40.6. The maximum Gasteiger partial charge on any atom is 0.310 e. The molecule has 0 aromatic heterocycles. The van der Waals surface area contributed by atoms with Crippen molar-refractivity contribution in [3.05, 3.63) is 11.6 Å². The lowest BCUT2D eigenvalue weighted by atomic mass is 9.64. The Kier molecular flexibility index (Phi) is 2.37. The highest BCUT2D eigenvalue weighted by molar-refractivity contribution is 5.76. The summed E-state index contributed by atoms with van der Waals surface area (Å²) in [6.45, 7) is 3.66. The van der Waals surface area contributed by atoms with E-state index in [9.17, 15) is 9.90 Å². The molecule has 2 fully saturated rings. The van der Waals surface area contributed by atoms with Crippen LogP contribution in [0.2, 0.25) is 0 Å². The van der Waals surface area contributed by atoms with Crippen molar-refractivity contribution >= 4 is 5.97 Å². The van der Waals surface area contributed by atoms with E-state index in [0.717, 1.165) is 25.7 Å². The Hall–Kier alpha value is -0.830. The number of esters is 1. The summed E-state index contributed by atoms with van der Waals surface area (Å²) in [6, 6.07) is 0. The van der Waals surface area contributed by atoms with Gasteiger partial charge in [0.05, 0.1) is 11.5 Å². The molecule has 0 radical (unpaired) electrons. The van der Waals surface area contributed by atoms with E-state index in [2.05, 4.69) is 6.08 Å². The van der Waals surface area contributed by atoms with Gasteiger partial charge in [-0.05, 0) is 39.5 Å². The van der Waals surface area contributed by atoms with E-state index in [4.69, 9.17) is 4.74 Å². The highest BCUT2D eigenvalue weighted by atomic mass is 16.6. The first kappa shape index (κ1) is 11.3. The first-order chi connectivity index (χ1) is 7.98. The third-order valence-corrected chi connectivity index (χ3v) is 4.70. The van der Waals surface area contributed by atoms with Crippen LogP contribution in [0.1, 0.15) is 39.5 Å². The van der Waals surface area contributed by atoms with Gasteiger partial charge in [-0.1, -0.05) is 11.6 Å². The van der Waals surface area contributed by atoms with Crippen molar-refractivity contribution < 1.29 is 14.6 Å². The summed E-state index contributed by atoms with van der Waals surface area (Å²) in [7, 11) is 0. The number of hydrogen-bond acceptors (Lipinski definition) is 3. The predicted molar refractivity (Wildman–Crippen MR) is 63.2 cm³/mol. The zero-order chi connectivity index (χ0) is 12.2. The van der Waals surface area contributed by atoms with Crippen molar-refractivity contribution in [2.45, 2.75) is 51.2 Å². The second kappa shape index (κ2) is 3.58. The SMILES string of the molecule is CC(C)(O)[C@H]1CCC2=CCC[C@@H]3C(=O)O[C@H]1[C@H]23. The largest absolute Gasteiger partial charge is 0.461 e. The molecule has 0 amide bonds. The maximum atomic E-state index is 11.9. The molecule has 1 aliphatic heterocycles. The fourth-order valence-electron chi connectivity index (χ4n) is 3.86. The first-order valence-electron chi connectivity index (χ1n) is 6.60. The molecule has 4 atom stereocenters. The van der Waals surface area contributed by atoms with E-state index in [-0.39, 0.29) is 29.8 Å². The molecule has 1 heterocycles. The Morgan fingerprint density at radius 2 is 2.18 bits per heavy atom. The van der Waals surface area contributed by atoms with Crippen LogP contribution >= 0.6 is 0 Å². The smallest absolute Gasteiger partial charge is 0.310 e. The van der Waals surface area contributed by atoms with Gasteiger partial charge in [0, 0.05) is 11.8 Å². The lowest BCUT2D eigenvalue weighted by molar-refractivity contribution is -0.150. The van der Waals surface area contributed by atoms with Crippen LogP contribution in [0.4, 0.5) is 0 Å². The molecule has 1 saturated carbocycles. The molecule has 3 rings (SSSR count). The van der Waals surface area contributed by atoms with Crippen LogP contribution in [-0.2, 0) is 9.53 Å². The first-order valence-corrected chi connectivity index (χ1v) is 6.60. The quantitative estimate of drug-likeness (QED) is 0.560. The molecular weight excluding hydrogens is 216 g/mol. The molecule has 3 nitrogen and oxygen atoms in total. The van der Waals surface area contributed by atoms with Gasteiger partial charge in [-0.25, -0.2) is 0 Å². The zero-order valence-electron chi connectivity index (χ0n) is 10.5. The minimum atomic E-state index is -0.761. The number of aliphatic hydroxyl groups is 1. The molecule has 2 aliphatic carbocycles. The fraction of sp³-hybridized carbons (Fsp3) is 0.786. The van der Waals surface area contributed by atoms with Gasteiger partial charge in [-0.3, -0.25) is 4.79 Å². The summed E-state index contributed by atoms with van der Waals surface area (Å²) in [5.41, 5.74) is 0.639. The van der Waals surface area contributed by atoms with E-state index in [0.29, 0.717) is 0 Å². The highest BCUT2D eigenvalue weighted by Gasteiger charge is 2.54. The zero-order valence-corrected chi connectivity index (χ0v) is 10.5. The van der Waals surface area contributed by atoms with Gasteiger partial charge >= 0.3 is 5.97 Å². The molecule has 3 aliphatic rings. The van der Waals surface area contributed by atoms with Crippen LogP contribution in [0.25, 0.3) is 0 Å². The number of allylic oxidation sites excluding steroid dienone is 1. The van der Waals surface area contributed by atoms with Crippen LogP contribution in [0, 0.1) is 17.8 Å². The number of ether oxygens (including phenoxy) is 1. The van der Waals surface area contributed by atoms with E-state index in [1.165, 1.54) is 5.57 Å². The number of rotatable bonds is 1. The molecule has 0 bridgehead atoms. The second-order valence-electron chi connectivity index (χ2n) is 6.19. The Morgan fingerprint density at radius 1 is 1.41 bits per heavy atom. The second-order valence-corrected chi connectivity index (χ2v) is 6.19. The minimum absolute atomic E-state index is 0.0400. The lowest BCUT2D eigenvalue weighted by Gasteiger charge is -2.42. The molecule has 94 valence electrons. The number of carbonyl (C=O) groups excluding carboxylic acids is 1. The fourth-order valence-corrected chi connectivity index (χ4v) is 3.86. The summed E-state index contributed by atoms with van der Waals surface area (Å²) in [5, 5.41) is 10.2. The molecule has 0 spiro atoms. The van der Waals surface area contributed by atoms with Crippen molar-refractivity contribution in [2.24, 2.45) is 17.8 Å². The molecule has 0 aromatic rings. The van der Waals surface area contributed by atoms with Crippen LogP contribution in [0.3, 0.4) is 0 Å². The summed E-state index contributed by atoms with van der Waals surface area (Å²) in [4.78, 5) is 11.9. The van der Waals surface area contributed by atoms with Crippen LogP contribution in [0.5, 0.6) is 0 Å². The van der Waals surface area contributed by atoms with Crippen LogP contribution in [0.15, 0.2) is 11.6 Å². The number of carbonyl (C=O) groups is 1. The van der Waals surface area contributed by atoms with Crippen LogP contribution < -0.4 is 0 Å². The minimum Gasteiger partial charge on any atom is -0.461 e. The summed E-state index contributed by atoms with van der Waals surface area (Å²) < 4.78 is 5.58. The third kappa shape index (κ3) is 1.63. The summed E-state index contributed by atoms with van der Waals surface area (Å²) in [5.74, 6) is 0.352. The Labute approximate surface area is 102 Å². The average molecular weight is 236 g/mol. The van der Waals surface area contributed by atoms with Crippen molar-refractivity contribution in [3.63, 3.8) is 0 Å². The van der Waals surface area contributed by atoms with Gasteiger partial charge in [0.25, 0.3) is 0 Å². The Balaban J connectivity index is 1.96. The monoisotopic (exact) mass is 236 g/mol. The molecular formula is C14H20O3. The molecule has 1 N–H and O–H groups in total. The van der Waals surface area contributed by atoms with Gasteiger partial charge in [0.1, 0.15) is 6.10 Å². The molecule has 0 unspecified atom stereocenters.